The number of para-hydroxylation sites is 1. The Bertz CT molecular complexity index is 749. The number of H-pyrrole nitrogens is 1. The van der Waals surface area contributed by atoms with Gasteiger partial charge in [-0.25, -0.2) is 13.5 Å². The number of hydrogen-bond acceptors (Lipinski definition) is 3. The third kappa shape index (κ3) is 1.74. The van der Waals surface area contributed by atoms with Gasteiger partial charge in [-0.1, -0.05) is 23.7 Å². The minimum absolute atomic E-state index is 0.0589. The molecule has 0 atom stereocenters. The molecule has 3 rings (SSSR count). The minimum atomic E-state index is -2.74. The highest BCUT2D eigenvalue weighted by atomic mass is 35.5. The highest BCUT2D eigenvalue weighted by molar-refractivity contribution is 6.32. The van der Waals surface area contributed by atoms with Crippen molar-refractivity contribution in [2.75, 3.05) is 5.73 Å². The summed E-state index contributed by atoms with van der Waals surface area (Å²) in [5.74, 6) is 0.0589. The molecule has 0 fully saturated rings. The van der Waals surface area contributed by atoms with Gasteiger partial charge in [-0.3, -0.25) is 5.10 Å². The molecule has 2 heterocycles. The molecule has 0 bridgehead atoms. The molecular formula is C11H8ClF2N5. The molecule has 98 valence electrons. The monoisotopic (exact) mass is 283 g/mol. The van der Waals surface area contributed by atoms with Gasteiger partial charge in [0.05, 0.1) is 16.1 Å². The molecule has 0 saturated heterocycles. The van der Waals surface area contributed by atoms with Crippen LogP contribution in [0.2, 0.25) is 5.02 Å². The molecule has 3 N–H and O–H groups in total. The molecule has 0 radical (unpaired) electrons. The Labute approximate surface area is 111 Å². The largest absolute Gasteiger partial charge is 0.383 e. The van der Waals surface area contributed by atoms with E-state index in [0.29, 0.717) is 10.7 Å². The zero-order valence-electron chi connectivity index (χ0n) is 9.44. The van der Waals surface area contributed by atoms with Crippen molar-refractivity contribution in [1.82, 2.24) is 20.0 Å². The van der Waals surface area contributed by atoms with Crippen molar-refractivity contribution in [3.8, 4) is 5.69 Å². The Morgan fingerprint density at radius 1 is 1.32 bits per heavy atom. The predicted molar refractivity (Wildman–Crippen MR) is 67.6 cm³/mol. The molecule has 0 amide bonds. The molecule has 3 aromatic rings. The number of nitrogen functional groups attached to an aromatic ring is 1. The van der Waals surface area contributed by atoms with Crippen molar-refractivity contribution < 1.29 is 8.78 Å². The van der Waals surface area contributed by atoms with E-state index >= 15 is 0 Å². The van der Waals surface area contributed by atoms with Crippen LogP contribution in [0.5, 0.6) is 0 Å². The Kier molecular flexibility index (Phi) is 2.63. The average molecular weight is 284 g/mol. The number of nitrogens with two attached hydrogens (primary N) is 1. The Hall–Kier alpha value is -2.15. The first-order valence-corrected chi connectivity index (χ1v) is 5.73. The molecule has 0 spiro atoms. The SMILES string of the molecule is Nc1[nH]nc2c1c(C(F)F)nn2-c1ccccc1Cl. The maximum Gasteiger partial charge on any atom is 0.282 e. The number of nitrogens with one attached hydrogen (secondary N) is 1. The highest BCUT2D eigenvalue weighted by Gasteiger charge is 2.24. The van der Waals surface area contributed by atoms with E-state index in [9.17, 15) is 8.78 Å². The van der Waals surface area contributed by atoms with E-state index < -0.39 is 12.1 Å². The lowest BCUT2D eigenvalue weighted by atomic mass is 10.3. The lowest BCUT2D eigenvalue weighted by Crippen LogP contribution is -1.99. The van der Waals surface area contributed by atoms with E-state index in [2.05, 4.69) is 15.3 Å². The van der Waals surface area contributed by atoms with Crippen molar-refractivity contribution in [2.45, 2.75) is 6.43 Å². The summed E-state index contributed by atoms with van der Waals surface area (Å²) in [4.78, 5) is 0. The third-order valence-electron chi connectivity index (χ3n) is 2.73. The molecule has 5 nitrogen and oxygen atoms in total. The molecule has 2 aromatic heterocycles. The number of nitrogens with zero attached hydrogens (tertiary/aromatic N) is 3. The molecule has 0 unspecified atom stereocenters. The first kappa shape index (κ1) is 11.9. The van der Waals surface area contributed by atoms with Gasteiger partial charge in [0.15, 0.2) is 5.65 Å². The fraction of sp³-hybridized carbons (Fsp3) is 0.0909. The number of alkyl halides is 2. The summed E-state index contributed by atoms with van der Waals surface area (Å²) >= 11 is 6.04. The summed E-state index contributed by atoms with van der Waals surface area (Å²) < 4.78 is 27.2. The maximum atomic E-state index is 13.0. The second-order valence-corrected chi connectivity index (χ2v) is 4.29. The van der Waals surface area contributed by atoms with Gasteiger partial charge in [0.1, 0.15) is 11.5 Å². The zero-order valence-corrected chi connectivity index (χ0v) is 10.2. The van der Waals surface area contributed by atoms with Crippen LogP contribution in [0, 0.1) is 0 Å². The number of benzene rings is 1. The summed E-state index contributed by atoms with van der Waals surface area (Å²) in [5, 5.41) is 10.7. The first-order valence-electron chi connectivity index (χ1n) is 5.35. The number of hydrogen-bond donors (Lipinski definition) is 2. The van der Waals surface area contributed by atoms with Crippen LogP contribution in [0.25, 0.3) is 16.7 Å². The van der Waals surface area contributed by atoms with Crippen LogP contribution in [-0.2, 0) is 0 Å². The van der Waals surface area contributed by atoms with Gasteiger partial charge in [-0.2, -0.15) is 10.2 Å². The van der Waals surface area contributed by atoms with Crippen molar-refractivity contribution in [3.05, 3.63) is 35.0 Å². The first-order chi connectivity index (χ1) is 9.09. The second kappa shape index (κ2) is 4.20. The highest BCUT2D eigenvalue weighted by Crippen LogP contribution is 2.32. The van der Waals surface area contributed by atoms with Crippen molar-refractivity contribution in [2.24, 2.45) is 0 Å². The fourth-order valence-corrected chi connectivity index (χ4v) is 2.12. The normalized spacial score (nSPS) is 11.6. The summed E-state index contributed by atoms with van der Waals surface area (Å²) in [7, 11) is 0. The van der Waals surface area contributed by atoms with Crippen molar-refractivity contribution in [3.63, 3.8) is 0 Å². The van der Waals surface area contributed by atoms with Crippen molar-refractivity contribution in [1.29, 1.82) is 0 Å². The topological polar surface area (TPSA) is 72.5 Å². The molecule has 0 saturated carbocycles. The second-order valence-electron chi connectivity index (χ2n) is 3.89. The van der Waals surface area contributed by atoms with Crippen LogP contribution in [0.4, 0.5) is 14.6 Å². The number of anilines is 1. The molecule has 0 aliphatic heterocycles. The summed E-state index contributed by atoms with van der Waals surface area (Å²) in [6.45, 7) is 0. The number of aromatic amines is 1. The Balaban J connectivity index is 2.34. The molecule has 1 aromatic carbocycles. The van der Waals surface area contributed by atoms with Crippen LogP contribution < -0.4 is 5.73 Å². The minimum Gasteiger partial charge on any atom is -0.383 e. The Morgan fingerprint density at radius 3 is 2.74 bits per heavy atom. The van der Waals surface area contributed by atoms with E-state index in [0.717, 1.165) is 0 Å². The van der Waals surface area contributed by atoms with Gasteiger partial charge in [-0.15, -0.1) is 0 Å². The molecular weight excluding hydrogens is 276 g/mol. The number of halogens is 3. The zero-order chi connectivity index (χ0) is 13.6. The summed E-state index contributed by atoms with van der Waals surface area (Å²) in [6.07, 6.45) is -2.74. The molecule has 0 aliphatic rings. The Morgan fingerprint density at radius 2 is 2.05 bits per heavy atom. The molecule has 0 aliphatic carbocycles. The maximum absolute atomic E-state index is 13.0. The number of rotatable bonds is 2. The van der Waals surface area contributed by atoms with Gasteiger partial charge < -0.3 is 5.73 Å². The van der Waals surface area contributed by atoms with Gasteiger partial charge in [0.25, 0.3) is 6.43 Å². The average Bonchev–Trinajstić information content (AvgIpc) is 2.92. The quantitative estimate of drug-likeness (QED) is 0.759. The number of aromatic nitrogens is 4. The molecule has 8 heteroatoms. The molecule has 19 heavy (non-hydrogen) atoms. The number of fused-ring (bicyclic) bond motifs is 1. The third-order valence-corrected chi connectivity index (χ3v) is 3.05. The standard InChI is InChI=1S/C11H8ClF2N5/c12-5-3-1-2-4-6(5)19-11-7(10(15)16-17-11)8(18-19)9(13)14/h1-4,9H,(H3,15,16,17). The van der Waals surface area contributed by atoms with Gasteiger partial charge in [0.2, 0.25) is 0 Å². The summed E-state index contributed by atoms with van der Waals surface area (Å²) in [6, 6.07) is 6.77. The van der Waals surface area contributed by atoms with Crippen LogP contribution in [0.15, 0.2) is 24.3 Å². The van der Waals surface area contributed by atoms with Crippen LogP contribution >= 0.6 is 11.6 Å². The van der Waals surface area contributed by atoms with E-state index in [1.807, 2.05) is 0 Å². The van der Waals surface area contributed by atoms with Gasteiger partial charge in [0, 0.05) is 0 Å². The van der Waals surface area contributed by atoms with E-state index in [1.165, 1.54) is 4.68 Å². The van der Waals surface area contributed by atoms with Crippen LogP contribution in [-0.4, -0.2) is 20.0 Å². The lowest BCUT2D eigenvalue weighted by Gasteiger charge is -2.03. The van der Waals surface area contributed by atoms with Crippen LogP contribution in [0.1, 0.15) is 12.1 Å². The van der Waals surface area contributed by atoms with Gasteiger partial charge in [-0.05, 0) is 12.1 Å². The smallest absolute Gasteiger partial charge is 0.282 e. The van der Waals surface area contributed by atoms with Crippen LogP contribution in [0.3, 0.4) is 0 Å². The van der Waals surface area contributed by atoms with E-state index in [1.54, 1.807) is 24.3 Å². The summed E-state index contributed by atoms with van der Waals surface area (Å²) in [5.41, 5.74) is 5.88. The fourth-order valence-electron chi connectivity index (χ4n) is 1.90. The van der Waals surface area contributed by atoms with Gasteiger partial charge >= 0.3 is 0 Å². The predicted octanol–water partition coefficient (Wildman–Crippen LogP) is 2.92. The lowest BCUT2D eigenvalue weighted by molar-refractivity contribution is 0.147. The van der Waals surface area contributed by atoms with Crippen molar-refractivity contribution >= 4 is 28.5 Å². The van der Waals surface area contributed by atoms with E-state index in [4.69, 9.17) is 17.3 Å². The van der Waals surface area contributed by atoms with E-state index in [-0.39, 0.29) is 16.9 Å².